The molecule has 0 saturated heterocycles. The fourth-order valence-corrected chi connectivity index (χ4v) is 3.19. The van der Waals surface area contributed by atoms with E-state index in [1.54, 1.807) is 38.7 Å². The first kappa shape index (κ1) is 16.9. The minimum Gasteiger partial charge on any atom is -0.497 e. The van der Waals surface area contributed by atoms with Crippen molar-refractivity contribution in [3.63, 3.8) is 0 Å². The smallest absolute Gasteiger partial charge is 0.257 e. The highest BCUT2D eigenvalue weighted by molar-refractivity contribution is 7.16. The van der Waals surface area contributed by atoms with Gasteiger partial charge in [-0.05, 0) is 31.2 Å². The summed E-state index contributed by atoms with van der Waals surface area (Å²) >= 11 is 1.42. The van der Waals surface area contributed by atoms with Crippen molar-refractivity contribution in [2.45, 2.75) is 6.92 Å². The Bertz CT molecular complexity index is 894. The monoisotopic (exact) mass is 355 g/mol. The van der Waals surface area contributed by atoms with Crippen LogP contribution in [0.25, 0.3) is 11.3 Å². The molecule has 25 heavy (non-hydrogen) atoms. The van der Waals surface area contributed by atoms with E-state index >= 15 is 0 Å². The summed E-state index contributed by atoms with van der Waals surface area (Å²) in [5.41, 5.74) is 2.16. The summed E-state index contributed by atoms with van der Waals surface area (Å²) in [4.78, 5) is 21.7. The predicted molar refractivity (Wildman–Crippen MR) is 97.6 cm³/mol. The summed E-state index contributed by atoms with van der Waals surface area (Å²) in [7, 11) is 3.21. The van der Waals surface area contributed by atoms with Gasteiger partial charge in [0.1, 0.15) is 11.5 Å². The third-order valence-electron chi connectivity index (χ3n) is 3.62. The van der Waals surface area contributed by atoms with Crippen LogP contribution in [0.5, 0.6) is 11.5 Å². The minimum atomic E-state index is -0.218. The van der Waals surface area contributed by atoms with Gasteiger partial charge in [0.2, 0.25) is 0 Å². The molecule has 6 nitrogen and oxygen atoms in total. The van der Waals surface area contributed by atoms with Gasteiger partial charge in [-0.3, -0.25) is 15.1 Å². The molecule has 3 aromatic rings. The average Bonchev–Trinajstić information content (AvgIpc) is 3.01. The van der Waals surface area contributed by atoms with Crippen molar-refractivity contribution in [2.24, 2.45) is 0 Å². The van der Waals surface area contributed by atoms with Crippen LogP contribution >= 0.6 is 11.3 Å². The molecule has 0 aliphatic heterocycles. The molecule has 0 fully saturated rings. The fraction of sp³-hybridized carbons (Fsp3) is 0.167. The standard InChI is InChI=1S/C18H17N3O3S/c1-11-16(14-5-4-13(23-2)10-15(14)24-3)20-18(25-11)21-17(22)12-6-8-19-9-7-12/h4-10H,1-3H3,(H,20,21,22). The van der Waals surface area contributed by atoms with Crippen LogP contribution in [-0.4, -0.2) is 30.1 Å². The Morgan fingerprint density at radius 2 is 1.88 bits per heavy atom. The van der Waals surface area contributed by atoms with Gasteiger partial charge in [0.05, 0.1) is 19.9 Å². The van der Waals surface area contributed by atoms with Crippen molar-refractivity contribution in [3.05, 3.63) is 53.2 Å². The van der Waals surface area contributed by atoms with Gasteiger partial charge in [0, 0.05) is 34.5 Å². The van der Waals surface area contributed by atoms with Crippen molar-refractivity contribution in [1.82, 2.24) is 9.97 Å². The maximum Gasteiger partial charge on any atom is 0.257 e. The fourth-order valence-electron chi connectivity index (χ4n) is 2.37. The summed E-state index contributed by atoms with van der Waals surface area (Å²) < 4.78 is 10.7. The number of aryl methyl sites for hydroxylation is 1. The number of thiazole rings is 1. The number of hydrogen-bond acceptors (Lipinski definition) is 6. The van der Waals surface area contributed by atoms with Crippen molar-refractivity contribution in [1.29, 1.82) is 0 Å². The highest BCUT2D eigenvalue weighted by Gasteiger charge is 2.16. The average molecular weight is 355 g/mol. The maximum absolute atomic E-state index is 12.3. The van der Waals surface area contributed by atoms with E-state index in [-0.39, 0.29) is 5.91 Å². The molecule has 3 rings (SSSR count). The third-order valence-corrected chi connectivity index (χ3v) is 4.51. The summed E-state index contributed by atoms with van der Waals surface area (Å²) in [6, 6.07) is 8.87. The zero-order valence-electron chi connectivity index (χ0n) is 14.1. The summed E-state index contributed by atoms with van der Waals surface area (Å²) in [6.45, 7) is 1.96. The second-order valence-corrected chi connectivity index (χ2v) is 6.38. The third kappa shape index (κ3) is 3.61. The van der Waals surface area contributed by atoms with Crippen LogP contribution < -0.4 is 14.8 Å². The number of methoxy groups -OCH3 is 2. The molecule has 7 heteroatoms. The number of hydrogen-bond donors (Lipinski definition) is 1. The van der Waals surface area contributed by atoms with Crippen LogP contribution in [0.3, 0.4) is 0 Å². The van der Waals surface area contributed by atoms with Crippen LogP contribution in [0.1, 0.15) is 15.2 Å². The Morgan fingerprint density at radius 1 is 1.12 bits per heavy atom. The Hall–Kier alpha value is -2.93. The van der Waals surface area contributed by atoms with E-state index in [0.717, 1.165) is 16.1 Å². The molecular weight excluding hydrogens is 338 g/mol. The highest BCUT2D eigenvalue weighted by Crippen LogP contribution is 2.37. The maximum atomic E-state index is 12.3. The van der Waals surface area contributed by atoms with Gasteiger partial charge in [-0.25, -0.2) is 4.98 Å². The normalized spacial score (nSPS) is 10.4. The quantitative estimate of drug-likeness (QED) is 0.754. The molecule has 0 spiro atoms. The number of nitrogens with one attached hydrogen (secondary N) is 1. The first-order valence-electron chi connectivity index (χ1n) is 7.53. The molecule has 0 aliphatic carbocycles. The molecule has 2 aromatic heterocycles. The van der Waals surface area contributed by atoms with E-state index in [1.165, 1.54) is 11.3 Å². The van der Waals surface area contributed by atoms with Gasteiger partial charge < -0.3 is 9.47 Å². The number of pyridine rings is 1. The van der Waals surface area contributed by atoms with Gasteiger partial charge in [-0.2, -0.15) is 0 Å². The van der Waals surface area contributed by atoms with Crippen molar-refractivity contribution >= 4 is 22.4 Å². The van der Waals surface area contributed by atoms with Crippen molar-refractivity contribution in [3.8, 4) is 22.8 Å². The lowest BCUT2D eigenvalue weighted by Crippen LogP contribution is -2.11. The number of nitrogens with zero attached hydrogens (tertiary/aromatic N) is 2. The zero-order valence-corrected chi connectivity index (χ0v) is 14.9. The van der Waals surface area contributed by atoms with E-state index in [0.29, 0.717) is 22.2 Å². The molecule has 128 valence electrons. The SMILES string of the molecule is COc1ccc(-c2nc(NC(=O)c3ccncc3)sc2C)c(OC)c1. The second kappa shape index (κ2) is 7.31. The number of rotatable bonds is 5. The summed E-state index contributed by atoms with van der Waals surface area (Å²) in [6.07, 6.45) is 3.16. The number of aromatic nitrogens is 2. The molecule has 1 aromatic carbocycles. The molecule has 1 N–H and O–H groups in total. The Labute approximate surface area is 149 Å². The number of amides is 1. The lowest BCUT2D eigenvalue weighted by molar-refractivity contribution is 0.102. The van der Waals surface area contributed by atoms with Crippen molar-refractivity contribution < 1.29 is 14.3 Å². The van der Waals surface area contributed by atoms with Gasteiger partial charge in [-0.15, -0.1) is 11.3 Å². The van der Waals surface area contributed by atoms with Crippen molar-refractivity contribution in [2.75, 3.05) is 19.5 Å². The first-order chi connectivity index (χ1) is 12.1. The zero-order chi connectivity index (χ0) is 17.8. The van der Waals surface area contributed by atoms with Crippen LogP contribution in [0.15, 0.2) is 42.7 Å². The Kier molecular flexibility index (Phi) is 4.95. The van der Waals surface area contributed by atoms with Crippen LogP contribution in [0.2, 0.25) is 0 Å². The van der Waals surface area contributed by atoms with Crippen LogP contribution in [-0.2, 0) is 0 Å². The topological polar surface area (TPSA) is 73.3 Å². The number of anilines is 1. The molecule has 0 aliphatic rings. The predicted octanol–water partition coefficient (Wildman–Crippen LogP) is 3.78. The largest absolute Gasteiger partial charge is 0.497 e. The second-order valence-electron chi connectivity index (χ2n) is 5.18. The van der Waals surface area contributed by atoms with Crippen LogP contribution in [0.4, 0.5) is 5.13 Å². The van der Waals surface area contributed by atoms with Gasteiger partial charge >= 0.3 is 0 Å². The number of benzene rings is 1. The molecule has 0 atom stereocenters. The molecule has 0 unspecified atom stereocenters. The van der Waals surface area contributed by atoms with Gasteiger partial charge in [0.25, 0.3) is 5.91 Å². The first-order valence-corrected chi connectivity index (χ1v) is 8.35. The molecule has 0 saturated carbocycles. The van der Waals surface area contributed by atoms with E-state index in [1.807, 2.05) is 25.1 Å². The summed E-state index contributed by atoms with van der Waals surface area (Å²) in [5, 5.41) is 3.36. The van der Waals surface area contributed by atoms with E-state index in [2.05, 4.69) is 15.3 Å². The molecule has 0 radical (unpaired) electrons. The minimum absolute atomic E-state index is 0.218. The summed E-state index contributed by atoms with van der Waals surface area (Å²) in [5.74, 6) is 1.16. The molecule has 0 bridgehead atoms. The number of carbonyl (C=O) groups is 1. The molecular formula is C18H17N3O3S. The number of carbonyl (C=O) groups excluding carboxylic acids is 1. The Balaban J connectivity index is 1.89. The lowest BCUT2D eigenvalue weighted by atomic mass is 10.1. The van der Waals surface area contributed by atoms with E-state index in [9.17, 15) is 4.79 Å². The van der Waals surface area contributed by atoms with E-state index in [4.69, 9.17) is 9.47 Å². The lowest BCUT2D eigenvalue weighted by Gasteiger charge is -2.09. The van der Waals surface area contributed by atoms with Gasteiger partial charge in [0.15, 0.2) is 5.13 Å². The Morgan fingerprint density at radius 3 is 2.56 bits per heavy atom. The van der Waals surface area contributed by atoms with Crippen LogP contribution in [0, 0.1) is 6.92 Å². The number of ether oxygens (including phenoxy) is 2. The molecule has 2 heterocycles. The highest BCUT2D eigenvalue weighted by atomic mass is 32.1. The van der Waals surface area contributed by atoms with Gasteiger partial charge in [-0.1, -0.05) is 0 Å². The molecule has 1 amide bonds. The van der Waals surface area contributed by atoms with E-state index < -0.39 is 0 Å².